The summed E-state index contributed by atoms with van der Waals surface area (Å²) < 4.78 is 26.7. The van der Waals surface area contributed by atoms with Crippen LogP contribution in [0.15, 0.2) is 53.4 Å². The Labute approximate surface area is 199 Å². The van der Waals surface area contributed by atoms with Crippen LogP contribution in [-0.4, -0.2) is 56.6 Å². The zero-order valence-electron chi connectivity index (χ0n) is 18.7. The van der Waals surface area contributed by atoms with Crippen LogP contribution in [0.5, 0.6) is 0 Å². The van der Waals surface area contributed by atoms with Gasteiger partial charge < -0.3 is 16.0 Å². The highest BCUT2D eigenvalue weighted by molar-refractivity contribution is 7.89. The van der Waals surface area contributed by atoms with E-state index in [-0.39, 0.29) is 28.5 Å². The number of nitrogens with zero attached hydrogens (tertiary/aromatic N) is 1. The fraction of sp³-hybridized carbons (Fsp3) is 0.375. The lowest BCUT2D eigenvalue weighted by Gasteiger charge is -2.15. The van der Waals surface area contributed by atoms with Crippen molar-refractivity contribution in [3.63, 3.8) is 0 Å². The van der Waals surface area contributed by atoms with Gasteiger partial charge in [-0.05, 0) is 74.2 Å². The van der Waals surface area contributed by atoms with Gasteiger partial charge in [-0.1, -0.05) is 0 Å². The fourth-order valence-electron chi connectivity index (χ4n) is 3.72. The van der Waals surface area contributed by atoms with Crippen molar-refractivity contribution >= 4 is 33.4 Å². The molecule has 1 saturated carbocycles. The Morgan fingerprint density at radius 1 is 0.794 bits per heavy atom. The number of sulfonamides is 1. The topological polar surface area (TPSA) is 125 Å². The Bertz CT molecular complexity index is 1150. The fourth-order valence-corrected chi connectivity index (χ4v) is 5.23. The van der Waals surface area contributed by atoms with Crippen molar-refractivity contribution in [2.24, 2.45) is 5.92 Å². The van der Waals surface area contributed by atoms with E-state index in [1.807, 2.05) is 0 Å². The first-order chi connectivity index (χ1) is 16.3. The minimum absolute atomic E-state index is 0.0391. The van der Waals surface area contributed by atoms with Gasteiger partial charge in [0, 0.05) is 48.9 Å². The minimum atomic E-state index is -3.52. The van der Waals surface area contributed by atoms with Gasteiger partial charge in [-0.3, -0.25) is 14.4 Å². The van der Waals surface area contributed by atoms with Gasteiger partial charge >= 0.3 is 0 Å². The lowest BCUT2D eigenvalue weighted by atomic mass is 10.1. The maximum Gasteiger partial charge on any atom is 0.255 e. The highest BCUT2D eigenvalue weighted by Gasteiger charge is 2.29. The molecule has 2 fully saturated rings. The molecule has 0 aromatic heterocycles. The van der Waals surface area contributed by atoms with Crippen LogP contribution in [0.3, 0.4) is 0 Å². The second kappa shape index (κ2) is 10.4. The summed E-state index contributed by atoms with van der Waals surface area (Å²) in [5, 5.41) is 8.27. The minimum Gasteiger partial charge on any atom is -0.354 e. The van der Waals surface area contributed by atoms with Crippen LogP contribution >= 0.6 is 0 Å². The van der Waals surface area contributed by atoms with Gasteiger partial charge in [-0.2, -0.15) is 4.31 Å². The van der Waals surface area contributed by atoms with E-state index < -0.39 is 10.0 Å². The van der Waals surface area contributed by atoms with E-state index >= 15 is 0 Å². The van der Waals surface area contributed by atoms with E-state index in [9.17, 15) is 22.8 Å². The summed E-state index contributed by atoms with van der Waals surface area (Å²) in [6.45, 7) is 1.76. The van der Waals surface area contributed by atoms with Gasteiger partial charge in [0.1, 0.15) is 0 Å². The Kier molecular flexibility index (Phi) is 7.28. The van der Waals surface area contributed by atoms with Crippen molar-refractivity contribution in [2.75, 3.05) is 31.5 Å². The highest BCUT2D eigenvalue weighted by Crippen LogP contribution is 2.28. The van der Waals surface area contributed by atoms with Crippen molar-refractivity contribution < 1.29 is 22.8 Å². The molecular formula is C24H28N4O5S. The molecule has 34 heavy (non-hydrogen) atoms. The molecule has 0 radical (unpaired) electrons. The zero-order valence-corrected chi connectivity index (χ0v) is 19.6. The first-order valence-corrected chi connectivity index (χ1v) is 12.9. The molecule has 1 aliphatic heterocycles. The van der Waals surface area contributed by atoms with E-state index in [0.29, 0.717) is 43.0 Å². The average molecular weight is 485 g/mol. The molecule has 1 aliphatic carbocycles. The molecule has 2 aliphatic rings. The summed E-state index contributed by atoms with van der Waals surface area (Å²) in [7, 11) is -3.52. The number of carbonyl (C=O) groups is 3. The van der Waals surface area contributed by atoms with Crippen LogP contribution in [0.2, 0.25) is 0 Å². The Morgan fingerprint density at radius 3 is 1.97 bits per heavy atom. The highest BCUT2D eigenvalue weighted by atomic mass is 32.2. The third-order valence-corrected chi connectivity index (χ3v) is 7.80. The van der Waals surface area contributed by atoms with Crippen LogP contribution in [-0.2, 0) is 14.8 Å². The molecule has 1 saturated heterocycles. The number of rotatable bonds is 9. The molecule has 9 nitrogen and oxygen atoms in total. The zero-order chi connectivity index (χ0) is 24.1. The predicted octanol–water partition coefficient (Wildman–Crippen LogP) is 1.98. The first-order valence-electron chi connectivity index (χ1n) is 11.4. The number of hydrogen-bond donors (Lipinski definition) is 3. The monoisotopic (exact) mass is 484 g/mol. The van der Waals surface area contributed by atoms with E-state index in [4.69, 9.17) is 0 Å². The molecule has 0 unspecified atom stereocenters. The number of hydrogen-bond acceptors (Lipinski definition) is 5. The second-order valence-corrected chi connectivity index (χ2v) is 10.4. The molecule has 3 amide bonds. The van der Waals surface area contributed by atoms with Crippen LogP contribution < -0.4 is 16.0 Å². The second-order valence-electron chi connectivity index (χ2n) is 8.49. The van der Waals surface area contributed by atoms with Crippen molar-refractivity contribution in [2.45, 2.75) is 30.6 Å². The molecule has 180 valence electrons. The largest absolute Gasteiger partial charge is 0.354 e. The van der Waals surface area contributed by atoms with Crippen molar-refractivity contribution in [3.05, 3.63) is 59.7 Å². The number of carbonyl (C=O) groups excluding carboxylic acids is 3. The summed E-state index contributed by atoms with van der Waals surface area (Å²) in [5.74, 6) is -0.473. The summed E-state index contributed by atoms with van der Waals surface area (Å²) in [4.78, 5) is 36.5. The van der Waals surface area contributed by atoms with Gasteiger partial charge in [0.05, 0.1) is 4.90 Å². The Balaban J connectivity index is 1.27. The first kappa shape index (κ1) is 23.9. The number of benzene rings is 2. The molecule has 10 heteroatoms. The van der Waals surface area contributed by atoms with E-state index in [1.165, 1.54) is 28.6 Å². The quantitative estimate of drug-likeness (QED) is 0.470. The summed E-state index contributed by atoms with van der Waals surface area (Å²) >= 11 is 0. The third-order valence-electron chi connectivity index (χ3n) is 5.88. The SMILES string of the molecule is O=C(NCCNC(=O)C1CC1)c1ccc(NC(=O)c2ccc(S(=O)(=O)N3CCCC3)cc2)cc1. The molecular weight excluding hydrogens is 456 g/mol. The third kappa shape index (κ3) is 5.81. The molecule has 4 rings (SSSR count). The molecule has 3 N–H and O–H groups in total. The maximum atomic E-state index is 12.6. The summed E-state index contributed by atoms with van der Waals surface area (Å²) in [5.41, 5.74) is 1.27. The number of nitrogens with one attached hydrogen (secondary N) is 3. The van der Waals surface area contributed by atoms with E-state index in [0.717, 1.165) is 25.7 Å². The van der Waals surface area contributed by atoms with Gasteiger partial charge in [-0.25, -0.2) is 8.42 Å². The summed E-state index contributed by atoms with van der Waals surface area (Å²) in [6.07, 6.45) is 3.59. The van der Waals surface area contributed by atoms with Gasteiger partial charge in [-0.15, -0.1) is 0 Å². The molecule has 0 bridgehead atoms. The summed E-state index contributed by atoms with van der Waals surface area (Å²) in [6, 6.07) is 12.3. The molecule has 0 spiro atoms. The lowest BCUT2D eigenvalue weighted by Crippen LogP contribution is -2.35. The van der Waals surface area contributed by atoms with Crippen LogP contribution in [0.4, 0.5) is 5.69 Å². The lowest BCUT2D eigenvalue weighted by molar-refractivity contribution is -0.122. The van der Waals surface area contributed by atoms with Gasteiger partial charge in [0.25, 0.3) is 11.8 Å². The average Bonchev–Trinajstić information content (AvgIpc) is 3.55. The van der Waals surface area contributed by atoms with Crippen LogP contribution in [0, 0.1) is 5.92 Å². The molecule has 0 atom stereocenters. The van der Waals surface area contributed by atoms with Crippen LogP contribution in [0.25, 0.3) is 0 Å². The van der Waals surface area contributed by atoms with E-state index in [2.05, 4.69) is 16.0 Å². The predicted molar refractivity (Wildman–Crippen MR) is 127 cm³/mol. The van der Waals surface area contributed by atoms with Crippen molar-refractivity contribution in [1.82, 2.24) is 14.9 Å². The Hall–Kier alpha value is -3.24. The normalized spacial score (nSPS) is 16.1. The van der Waals surface area contributed by atoms with Gasteiger partial charge in [0.15, 0.2) is 0 Å². The maximum absolute atomic E-state index is 12.6. The molecule has 2 aromatic carbocycles. The van der Waals surface area contributed by atoms with E-state index in [1.54, 1.807) is 24.3 Å². The van der Waals surface area contributed by atoms with Crippen LogP contribution in [0.1, 0.15) is 46.4 Å². The number of amides is 3. The smallest absolute Gasteiger partial charge is 0.255 e. The number of anilines is 1. The molecule has 2 aromatic rings. The van der Waals surface area contributed by atoms with Crippen molar-refractivity contribution in [3.8, 4) is 0 Å². The molecule has 1 heterocycles. The van der Waals surface area contributed by atoms with Crippen molar-refractivity contribution in [1.29, 1.82) is 0 Å². The van der Waals surface area contributed by atoms with Gasteiger partial charge in [0.2, 0.25) is 15.9 Å². The Morgan fingerprint density at radius 2 is 1.35 bits per heavy atom. The standard InChI is InChI=1S/C24H28N4O5S/c29-22(17-3-4-17)25-13-14-26-23(30)18-5-9-20(10-6-18)27-24(31)19-7-11-21(12-8-19)34(32,33)28-15-1-2-16-28/h5-12,17H,1-4,13-16H2,(H,25,29)(H,26,30)(H,27,31).